The van der Waals surface area contributed by atoms with Gasteiger partial charge in [0, 0.05) is 12.8 Å². The van der Waals surface area contributed by atoms with Gasteiger partial charge in [0.2, 0.25) is 0 Å². The minimum absolute atomic E-state index is 0.160. The summed E-state index contributed by atoms with van der Waals surface area (Å²) < 4.78 is 11.6. The molecule has 2 aromatic rings. The van der Waals surface area contributed by atoms with Crippen molar-refractivity contribution in [3.63, 3.8) is 0 Å². The molecule has 0 fully saturated rings. The van der Waals surface area contributed by atoms with Gasteiger partial charge < -0.3 is 19.3 Å². The smallest absolute Gasteiger partial charge is 0.158 e. The number of nitrogens with zero attached hydrogens (tertiary/aromatic N) is 2. The molecule has 0 aliphatic carbocycles. The highest BCUT2D eigenvalue weighted by atomic mass is 16.5. The third-order valence-electron chi connectivity index (χ3n) is 9.53. The zero-order valence-corrected chi connectivity index (χ0v) is 32.5. The van der Waals surface area contributed by atoms with E-state index in [0.29, 0.717) is 26.1 Å². The summed E-state index contributed by atoms with van der Waals surface area (Å²) in [7, 11) is 4.32. The van der Waals surface area contributed by atoms with Crippen LogP contribution in [0.5, 0.6) is 0 Å². The van der Waals surface area contributed by atoms with Gasteiger partial charge in [0.15, 0.2) is 11.6 Å². The second-order valence-electron chi connectivity index (χ2n) is 14.5. The van der Waals surface area contributed by atoms with E-state index in [1.807, 2.05) is 24.3 Å². The molecule has 0 unspecified atom stereocenters. The van der Waals surface area contributed by atoms with Crippen molar-refractivity contribution < 1.29 is 19.1 Å². The van der Waals surface area contributed by atoms with Crippen LogP contribution in [0.15, 0.2) is 48.5 Å². The summed E-state index contributed by atoms with van der Waals surface area (Å²) in [5.41, 5.74) is 4.29. The second-order valence-corrected chi connectivity index (χ2v) is 14.5. The summed E-state index contributed by atoms with van der Waals surface area (Å²) in [6.07, 6.45) is 21.5. The highest BCUT2D eigenvalue weighted by molar-refractivity contribution is 5.80. The van der Waals surface area contributed by atoms with Crippen LogP contribution in [0.3, 0.4) is 0 Å². The Labute approximate surface area is 306 Å². The van der Waals surface area contributed by atoms with E-state index in [4.69, 9.17) is 9.47 Å². The summed E-state index contributed by atoms with van der Waals surface area (Å²) in [4.78, 5) is 29.6. The van der Waals surface area contributed by atoms with Crippen molar-refractivity contribution in [1.29, 1.82) is 0 Å². The Bertz CT molecular complexity index is 1060. The van der Waals surface area contributed by atoms with Crippen molar-refractivity contribution in [3.8, 4) is 11.1 Å². The molecule has 0 heterocycles. The molecule has 0 saturated carbocycles. The quantitative estimate of drug-likeness (QED) is 0.0694. The van der Waals surface area contributed by atoms with E-state index in [1.165, 1.54) is 89.9 Å². The van der Waals surface area contributed by atoms with Gasteiger partial charge in [-0.15, -0.1) is 0 Å². The molecule has 6 nitrogen and oxygen atoms in total. The van der Waals surface area contributed by atoms with Crippen LogP contribution in [0.25, 0.3) is 11.1 Å². The van der Waals surface area contributed by atoms with Crippen molar-refractivity contribution in [2.24, 2.45) is 0 Å². The van der Waals surface area contributed by atoms with Crippen molar-refractivity contribution in [2.45, 2.75) is 143 Å². The number of hydrogen-bond acceptors (Lipinski definition) is 6. The fourth-order valence-corrected chi connectivity index (χ4v) is 6.38. The molecule has 0 aliphatic rings. The standard InChI is InChI=1S/C44H72N2O4/c1-5-7-9-11-13-15-17-29-45(3)31-21-27-43(47)37-49-35-39-23-19-25-41(33-39)42-26-20-24-40(34-42)36-50-38-44(48)28-22-32-46(4)30-18-16-14-12-10-8-6-2/h19-20,23-26,33-34H,5-18,21-22,27-32,35-38H2,1-4H3. The van der Waals surface area contributed by atoms with Crippen LogP contribution in [0.1, 0.15) is 141 Å². The lowest BCUT2D eigenvalue weighted by atomic mass is 10.0. The minimum atomic E-state index is 0.160. The number of unbranched alkanes of at least 4 members (excludes halogenated alkanes) is 12. The molecular formula is C44H72N2O4. The summed E-state index contributed by atoms with van der Waals surface area (Å²) in [5.74, 6) is 0.339. The lowest BCUT2D eigenvalue weighted by Crippen LogP contribution is -2.22. The first-order valence-electron chi connectivity index (χ1n) is 20.2. The topological polar surface area (TPSA) is 59.1 Å². The molecule has 0 bridgehead atoms. The maximum absolute atomic E-state index is 12.4. The molecule has 6 heteroatoms. The zero-order valence-electron chi connectivity index (χ0n) is 32.5. The van der Waals surface area contributed by atoms with Crippen LogP contribution >= 0.6 is 0 Å². The van der Waals surface area contributed by atoms with Gasteiger partial charge in [0.05, 0.1) is 13.2 Å². The van der Waals surface area contributed by atoms with E-state index in [0.717, 1.165) is 61.3 Å². The minimum Gasteiger partial charge on any atom is -0.369 e. The fourth-order valence-electron chi connectivity index (χ4n) is 6.38. The summed E-state index contributed by atoms with van der Waals surface area (Å²) >= 11 is 0. The number of ether oxygens (including phenoxy) is 2. The number of benzene rings is 2. The van der Waals surface area contributed by atoms with Crippen LogP contribution in [0.2, 0.25) is 0 Å². The van der Waals surface area contributed by atoms with Gasteiger partial charge in [-0.05, 0) is 100 Å². The van der Waals surface area contributed by atoms with Gasteiger partial charge in [0.25, 0.3) is 0 Å². The number of hydrogen-bond donors (Lipinski definition) is 0. The Morgan fingerprint density at radius 1 is 0.500 bits per heavy atom. The predicted molar refractivity (Wildman–Crippen MR) is 211 cm³/mol. The van der Waals surface area contributed by atoms with Crippen molar-refractivity contribution >= 4 is 11.6 Å². The Hall–Kier alpha value is -2.38. The maximum Gasteiger partial charge on any atom is 0.158 e. The van der Waals surface area contributed by atoms with Crippen molar-refractivity contribution in [1.82, 2.24) is 9.80 Å². The molecule has 0 saturated heterocycles. The number of Topliss-reactive ketones (excluding diaryl/α,β-unsaturated/α-hetero) is 2. The first kappa shape index (κ1) is 43.8. The van der Waals surface area contributed by atoms with E-state index >= 15 is 0 Å². The first-order chi connectivity index (χ1) is 24.4. The molecule has 0 atom stereocenters. The number of rotatable bonds is 33. The van der Waals surface area contributed by atoms with Crippen LogP contribution in [-0.4, -0.2) is 74.9 Å². The van der Waals surface area contributed by atoms with E-state index in [1.54, 1.807) is 0 Å². The SMILES string of the molecule is CCCCCCCCCN(C)CCCC(=O)COCc1cccc(-c2cccc(COCC(=O)CCCN(C)CCCCCCCCC)c2)c1. The Kier molecular flexibility index (Phi) is 25.6. The second kappa shape index (κ2) is 29.2. The van der Waals surface area contributed by atoms with E-state index in [-0.39, 0.29) is 24.8 Å². The number of ketones is 2. The molecule has 282 valence electrons. The van der Waals surface area contributed by atoms with Gasteiger partial charge in [0.1, 0.15) is 13.2 Å². The molecule has 2 rings (SSSR count). The number of carbonyl (C=O) groups is 2. The molecule has 0 amide bonds. The normalized spacial score (nSPS) is 11.6. The Morgan fingerprint density at radius 3 is 1.26 bits per heavy atom. The molecule has 2 aromatic carbocycles. The molecular weight excluding hydrogens is 620 g/mol. The first-order valence-corrected chi connectivity index (χ1v) is 20.2. The molecule has 0 radical (unpaired) electrons. The lowest BCUT2D eigenvalue weighted by molar-refractivity contribution is -0.124. The summed E-state index contributed by atoms with van der Waals surface area (Å²) in [6, 6.07) is 16.6. The van der Waals surface area contributed by atoms with Gasteiger partial charge in [-0.25, -0.2) is 0 Å². The third kappa shape index (κ3) is 22.4. The fraction of sp³-hybridized carbons (Fsp3) is 0.682. The Morgan fingerprint density at radius 2 is 0.860 bits per heavy atom. The van der Waals surface area contributed by atoms with E-state index in [2.05, 4.69) is 62.0 Å². The monoisotopic (exact) mass is 693 g/mol. The lowest BCUT2D eigenvalue weighted by Gasteiger charge is -2.16. The third-order valence-corrected chi connectivity index (χ3v) is 9.53. The molecule has 0 aromatic heterocycles. The summed E-state index contributed by atoms with van der Waals surface area (Å²) in [6.45, 7) is 9.81. The van der Waals surface area contributed by atoms with E-state index in [9.17, 15) is 9.59 Å². The van der Waals surface area contributed by atoms with Gasteiger partial charge in [-0.1, -0.05) is 127 Å². The maximum atomic E-state index is 12.4. The average molecular weight is 693 g/mol. The van der Waals surface area contributed by atoms with Crippen LogP contribution < -0.4 is 0 Å². The van der Waals surface area contributed by atoms with Crippen LogP contribution in [0.4, 0.5) is 0 Å². The molecule has 0 N–H and O–H groups in total. The van der Waals surface area contributed by atoms with Crippen molar-refractivity contribution in [3.05, 3.63) is 59.7 Å². The van der Waals surface area contributed by atoms with Crippen LogP contribution in [0, 0.1) is 0 Å². The predicted octanol–water partition coefficient (Wildman–Crippen LogP) is 10.5. The van der Waals surface area contributed by atoms with E-state index < -0.39 is 0 Å². The molecule has 0 aliphatic heterocycles. The zero-order chi connectivity index (χ0) is 36.1. The Balaban J connectivity index is 1.59. The van der Waals surface area contributed by atoms with Gasteiger partial charge in [-0.2, -0.15) is 0 Å². The van der Waals surface area contributed by atoms with Crippen molar-refractivity contribution in [2.75, 3.05) is 53.5 Å². The average Bonchev–Trinajstić information content (AvgIpc) is 3.11. The molecule has 50 heavy (non-hydrogen) atoms. The number of carbonyl (C=O) groups excluding carboxylic acids is 2. The highest BCUT2D eigenvalue weighted by Crippen LogP contribution is 2.22. The van der Waals surface area contributed by atoms with Gasteiger partial charge in [-0.3, -0.25) is 9.59 Å². The summed E-state index contributed by atoms with van der Waals surface area (Å²) in [5, 5.41) is 0. The highest BCUT2D eigenvalue weighted by Gasteiger charge is 2.08. The molecule has 0 spiro atoms. The van der Waals surface area contributed by atoms with Crippen LogP contribution in [-0.2, 0) is 32.3 Å². The van der Waals surface area contributed by atoms with Gasteiger partial charge >= 0.3 is 0 Å². The largest absolute Gasteiger partial charge is 0.369 e.